The van der Waals surface area contributed by atoms with Gasteiger partial charge in [0.2, 0.25) is 0 Å². The minimum Gasteiger partial charge on any atom is -0.378 e. The van der Waals surface area contributed by atoms with Crippen LogP contribution < -0.4 is 10.9 Å². The van der Waals surface area contributed by atoms with Gasteiger partial charge < -0.3 is 5.32 Å². The smallest absolute Gasteiger partial charge is 0.277 e. The molecule has 108 valence electrons. The minimum absolute atomic E-state index is 0.155. The molecule has 0 spiro atoms. The van der Waals surface area contributed by atoms with Gasteiger partial charge >= 0.3 is 0 Å². The molecule has 0 atom stereocenters. The van der Waals surface area contributed by atoms with E-state index in [4.69, 9.17) is 0 Å². The summed E-state index contributed by atoms with van der Waals surface area (Å²) in [5, 5.41) is 6.00. The van der Waals surface area contributed by atoms with E-state index in [1.165, 1.54) is 16.6 Å². The molecular weight excluding hydrogens is 273 g/mol. The third-order valence-corrected chi connectivity index (χ3v) is 3.31. The zero-order chi connectivity index (χ0) is 15.0. The van der Waals surface area contributed by atoms with Crippen molar-refractivity contribution in [2.45, 2.75) is 20.4 Å². The van der Waals surface area contributed by atoms with Gasteiger partial charge in [0.05, 0.1) is 6.54 Å². The van der Waals surface area contributed by atoms with Crippen LogP contribution in [0.3, 0.4) is 0 Å². The summed E-state index contributed by atoms with van der Waals surface area (Å²) in [5.41, 5.74) is 1.88. The molecule has 0 bridgehead atoms. The van der Waals surface area contributed by atoms with Crippen molar-refractivity contribution in [3.8, 4) is 0 Å². The number of H-pyrrole nitrogens is 1. The molecule has 21 heavy (non-hydrogen) atoms. The number of rotatable bonds is 3. The van der Waals surface area contributed by atoms with Crippen LogP contribution >= 0.6 is 0 Å². The molecule has 2 aromatic heterocycles. The Morgan fingerprint density at radius 2 is 1.95 bits per heavy atom. The van der Waals surface area contributed by atoms with Crippen LogP contribution in [-0.2, 0) is 6.54 Å². The van der Waals surface area contributed by atoms with Crippen LogP contribution in [0.2, 0.25) is 0 Å². The van der Waals surface area contributed by atoms with E-state index in [0.29, 0.717) is 29.4 Å². The fourth-order valence-electron chi connectivity index (χ4n) is 1.98. The molecule has 0 saturated heterocycles. The number of nitrogens with one attached hydrogen (secondary N) is 2. The van der Waals surface area contributed by atoms with Crippen LogP contribution in [0.4, 0.5) is 10.1 Å². The third-order valence-electron chi connectivity index (χ3n) is 3.31. The van der Waals surface area contributed by atoms with Gasteiger partial charge in [-0.3, -0.25) is 9.89 Å². The molecular formula is C14H14FN5O. The van der Waals surface area contributed by atoms with Gasteiger partial charge in [-0.1, -0.05) is 0 Å². The highest BCUT2D eigenvalue weighted by atomic mass is 19.1. The highest BCUT2D eigenvalue weighted by molar-refractivity contribution is 5.43. The number of halogens is 1. The molecule has 2 heterocycles. The molecule has 0 saturated carbocycles. The molecule has 0 aliphatic carbocycles. The van der Waals surface area contributed by atoms with E-state index in [1.807, 2.05) is 0 Å². The first-order valence-electron chi connectivity index (χ1n) is 6.49. The van der Waals surface area contributed by atoms with Gasteiger partial charge in [0.15, 0.2) is 0 Å². The number of hydrogen-bond acceptors (Lipinski definition) is 4. The first-order valence-corrected chi connectivity index (χ1v) is 6.49. The summed E-state index contributed by atoms with van der Waals surface area (Å²) in [6, 6.07) is 6.02. The summed E-state index contributed by atoms with van der Waals surface area (Å²) < 4.78 is 14.1. The fourth-order valence-corrected chi connectivity index (χ4v) is 1.98. The van der Waals surface area contributed by atoms with Gasteiger partial charge in [0.25, 0.3) is 11.3 Å². The van der Waals surface area contributed by atoms with Crippen molar-refractivity contribution >= 4 is 11.5 Å². The molecule has 0 unspecified atom stereocenters. The Labute approximate surface area is 119 Å². The summed E-state index contributed by atoms with van der Waals surface area (Å²) >= 11 is 0. The summed E-state index contributed by atoms with van der Waals surface area (Å²) in [4.78, 5) is 20.6. The quantitative estimate of drug-likeness (QED) is 0.770. The number of hydrogen-bond donors (Lipinski definition) is 2. The van der Waals surface area contributed by atoms with Crippen molar-refractivity contribution in [2.75, 3.05) is 5.32 Å². The average Bonchev–Trinajstić information content (AvgIpc) is 2.87. The largest absolute Gasteiger partial charge is 0.378 e. The minimum atomic E-state index is -0.286. The number of nitrogens with zero attached hydrogens (tertiary/aromatic N) is 3. The van der Waals surface area contributed by atoms with E-state index >= 15 is 0 Å². The van der Waals surface area contributed by atoms with Gasteiger partial charge in [-0.05, 0) is 38.1 Å². The number of anilines is 1. The number of benzene rings is 1. The van der Waals surface area contributed by atoms with Crippen LogP contribution in [0.5, 0.6) is 0 Å². The van der Waals surface area contributed by atoms with E-state index in [0.717, 1.165) is 5.69 Å². The summed E-state index contributed by atoms with van der Waals surface area (Å²) in [5.74, 6) is 0.638. The Bertz CT molecular complexity index is 850. The van der Waals surface area contributed by atoms with Gasteiger partial charge in [0.1, 0.15) is 11.6 Å². The lowest BCUT2D eigenvalue weighted by atomic mass is 10.3. The first-order chi connectivity index (χ1) is 10.0. The molecule has 0 radical (unpaired) electrons. The third kappa shape index (κ3) is 2.49. The van der Waals surface area contributed by atoms with Crippen LogP contribution in [-0.4, -0.2) is 19.6 Å². The SMILES string of the molecule is Cc1nc2nc(CNc3ccc(F)cc3)[nH]n2c(=O)c1C. The van der Waals surface area contributed by atoms with E-state index < -0.39 is 0 Å². The van der Waals surface area contributed by atoms with Gasteiger partial charge in [0, 0.05) is 16.9 Å². The summed E-state index contributed by atoms with van der Waals surface area (Å²) in [6.07, 6.45) is 0. The van der Waals surface area contributed by atoms with Crippen LogP contribution in [0.1, 0.15) is 17.1 Å². The van der Waals surface area contributed by atoms with Crippen molar-refractivity contribution in [1.82, 2.24) is 19.6 Å². The molecule has 0 aliphatic rings. The molecule has 1 aromatic carbocycles. The maximum atomic E-state index is 12.8. The van der Waals surface area contributed by atoms with Crippen LogP contribution in [0.15, 0.2) is 29.1 Å². The predicted octanol–water partition coefficient (Wildman–Crippen LogP) is 1.79. The Morgan fingerprint density at radius 3 is 2.67 bits per heavy atom. The van der Waals surface area contributed by atoms with Crippen LogP contribution in [0, 0.1) is 19.7 Å². The zero-order valence-corrected chi connectivity index (χ0v) is 11.6. The summed E-state index contributed by atoms with van der Waals surface area (Å²) in [6.45, 7) is 3.89. The molecule has 2 N–H and O–H groups in total. The second-order valence-corrected chi connectivity index (χ2v) is 4.79. The molecule has 3 rings (SSSR count). The fraction of sp³-hybridized carbons (Fsp3) is 0.214. The molecule has 6 nitrogen and oxygen atoms in total. The molecule has 0 fully saturated rings. The van der Waals surface area contributed by atoms with Crippen molar-refractivity contribution < 1.29 is 4.39 Å². The second kappa shape index (κ2) is 5.01. The Hall–Kier alpha value is -2.70. The van der Waals surface area contributed by atoms with Gasteiger partial charge in [-0.15, -0.1) is 0 Å². The summed E-state index contributed by atoms with van der Waals surface area (Å²) in [7, 11) is 0. The van der Waals surface area contributed by atoms with Crippen molar-refractivity contribution in [2.24, 2.45) is 0 Å². The highest BCUT2D eigenvalue weighted by Gasteiger charge is 2.09. The van der Waals surface area contributed by atoms with E-state index in [2.05, 4.69) is 20.4 Å². The zero-order valence-electron chi connectivity index (χ0n) is 11.6. The predicted molar refractivity (Wildman–Crippen MR) is 76.8 cm³/mol. The number of fused-ring (bicyclic) bond motifs is 1. The van der Waals surface area contributed by atoms with E-state index in [1.54, 1.807) is 26.0 Å². The maximum Gasteiger partial charge on any atom is 0.277 e. The Balaban J connectivity index is 1.86. The van der Waals surface area contributed by atoms with Crippen LogP contribution in [0.25, 0.3) is 5.78 Å². The lowest BCUT2D eigenvalue weighted by molar-refractivity contribution is 0.628. The molecule has 3 aromatic rings. The van der Waals surface area contributed by atoms with Crippen molar-refractivity contribution in [3.05, 3.63) is 57.5 Å². The van der Waals surface area contributed by atoms with Gasteiger partial charge in [-0.25, -0.2) is 9.37 Å². The number of aromatic nitrogens is 4. The maximum absolute atomic E-state index is 12.8. The Kier molecular flexibility index (Phi) is 3.17. The normalized spacial score (nSPS) is 11.0. The standard InChI is InChI=1S/C14H14FN5O/c1-8-9(2)17-14-18-12(19-20(14)13(8)21)7-16-11-5-3-10(15)4-6-11/h3-6,16H,7H2,1-2H3,(H,17,18,19). The lowest BCUT2D eigenvalue weighted by Gasteiger charge is -2.03. The number of aromatic amines is 1. The average molecular weight is 287 g/mol. The highest BCUT2D eigenvalue weighted by Crippen LogP contribution is 2.09. The topological polar surface area (TPSA) is 75.1 Å². The molecule has 0 aliphatic heterocycles. The first kappa shape index (κ1) is 13.3. The monoisotopic (exact) mass is 287 g/mol. The van der Waals surface area contributed by atoms with Gasteiger partial charge in [-0.2, -0.15) is 9.50 Å². The lowest BCUT2D eigenvalue weighted by Crippen LogP contribution is -2.19. The van der Waals surface area contributed by atoms with E-state index in [9.17, 15) is 9.18 Å². The molecule has 0 amide bonds. The Morgan fingerprint density at radius 1 is 1.24 bits per heavy atom. The second-order valence-electron chi connectivity index (χ2n) is 4.79. The van der Waals surface area contributed by atoms with Crippen molar-refractivity contribution in [3.63, 3.8) is 0 Å². The molecule has 7 heteroatoms. The number of aryl methyl sites for hydroxylation is 1. The van der Waals surface area contributed by atoms with E-state index in [-0.39, 0.29) is 11.4 Å². The van der Waals surface area contributed by atoms with Crippen molar-refractivity contribution in [1.29, 1.82) is 0 Å².